The van der Waals surface area contributed by atoms with Gasteiger partial charge in [0.1, 0.15) is 0 Å². The summed E-state index contributed by atoms with van der Waals surface area (Å²) in [7, 11) is 1.35. The number of likely N-dealkylation sites (tertiary alicyclic amines) is 1. The van der Waals surface area contributed by atoms with Gasteiger partial charge in [0.15, 0.2) is 11.5 Å². The minimum atomic E-state index is -2.96. The average Bonchev–Trinajstić information content (AvgIpc) is 3.17. The molecule has 1 aliphatic heterocycles. The highest BCUT2D eigenvalue weighted by Gasteiger charge is 2.28. The molecule has 0 saturated carbocycles. The Labute approximate surface area is 170 Å². The number of para-hydroxylation sites is 1. The molecule has 152 valence electrons. The van der Waals surface area contributed by atoms with E-state index in [-0.39, 0.29) is 23.3 Å². The van der Waals surface area contributed by atoms with Crippen molar-refractivity contribution in [2.75, 3.05) is 20.2 Å². The molecule has 29 heavy (non-hydrogen) atoms. The van der Waals surface area contributed by atoms with E-state index < -0.39 is 6.61 Å². The van der Waals surface area contributed by atoms with Crippen LogP contribution in [-0.2, 0) is 0 Å². The normalized spacial score (nSPS) is 17.0. The molecule has 5 nitrogen and oxygen atoms in total. The van der Waals surface area contributed by atoms with Gasteiger partial charge in [-0.05, 0) is 43.2 Å². The SMILES string of the molecule is COc1cc(C(=O)N2CCC[C@H](c3nc4ccccc4s3)C2)ccc1OC(F)F. The highest BCUT2D eigenvalue weighted by Crippen LogP contribution is 2.34. The van der Waals surface area contributed by atoms with Crippen molar-refractivity contribution in [1.29, 1.82) is 0 Å². The second-order valence-electron chi connectivity index (χ2n) is 6.85. The van der Waals surface area contributed by atoms with Crippen LogP contribution in [0.2, 0.25) is 0 Å². The van der Waals surface area contributed by atoms with Gasteiger partial charge in [0.2, 0.25) is 0 Å². The van der Waals surface area contributed by atoms with E-state index in [1.54, 1.807) is 16.2 Å². The molecule has 2 aromatic carbocycles. The van der Waals surface area contributed by atoms with Crippen molar-refractivity contribution in [2.45, 2.75) is 25.4 Å². The molecule has 1 amide bonds. The molecule has 0 N–H and O–H groups in total. The predicted octanol–water partition coefficient (Wildman–Crippen LogP) is 4.93. The van der Waals surface area contributed by atoms with E-state index in [4.69, 9.17) is 9.72 Å². The molecule has 1 aromatic heterocycles. The Morgan fingerprint density at radius 1 is 1.24 bits per heavy atom. The molecule has 0 unspecified atom stereocenters. The van der Waals surface area contributed by atoms with Crippen LogP contribution in [0.1, 0.15) is 34.1 Å². The first kappa shape index (κ1) is 19.6. The lowest BCUT2D eigenvalue weighted by molar-refractivity contribution is -0.0512. The van der Waals surface area contributed by atoms with E-state index in [0.29, 0.717) is 18.7 Å². The Hall–Kier alpha value is -2.74. The van der Waals surface area contributed by atoms with Crippen LogP contribution < -0.4 is 9.47 Å². The van der Waals surface area contributed by atoms with Gasteiger partial charge in [-0.3, -0.25) is 4.79 Å². The number of carbonyl (C=O) groups excluding carboxylic acids is 1. The van der Waals surface area contributed by atoms with E-state index in [1.807, 2.05) is 18.2 Å². The van der Waals surface area contributed by atoms with Crippen LogP contribution in [0, 0.1) is 0 Å². The molecule has 1 atom stereocenters. The number of thiazole rings is 1. The van der Waals surface area contributed by atoms with Crippen molar-refractivity contribution in [3.05, 3.63) is 53.0 Å². The Morgan fingerprint density at radius 2 is 2.07 bits per heavy atom. The molecule has 0 spiro atoms. The second-order valence-corrected chi connectivity index (χ2v) is 7.92. The van der Waals surface area contributed by atoms with Gasteiger partial charge in [-0.1, -0.05) is 12.1 Å². The Kier molecular flexibility index (Phi) is 5.62. The molecule has 3 aromatic rings. The molecular weight excluding hydrogens is 398 g/mol. The van der Waals surface area contributed by atoms with E-state index >= 15 is 0 Å². The van der Waals surface area contributed by atoms with Crippen LogP contribution >= 0.6 is 11.3 Å². The van der Waals surface area contributed by atoms with Gasteiger partial charge >= 0.3 is 6.61 Å². The lowest BCUT2D eigenvalue weighted by Gasteiger charge is -2.32. The summed E-state index contributed by atoms with van der Waals surface area (Å²) < 4.78 is 35.7. The Bertz CT molecular complexity index is 991. The quantitative estimate of drug-likeness (QED) is 0.590. The number of alkyl halides is 2. The van der Waals surface area contributed by atoms with Crippen molar-refractivity contribution in [2.24, 2.45) is 0 Å². The third-order valence-electron chi connectivity index (χ3n) is 4.99. The fourth-order valence-electron chi connectivity index (χ4n) is 3.60. The molecule has 1 saturated heterocycles. The van der Waals surface area contributed by atoms with E-state index in [9.17, 15) is 13.6 Å². The Balaban J connectivity index is 1.52. The van der Waals surface area contributed by atoms with E-state index in [1.165, 1.54) is 25.3 Å². The third-order valence-corrected chi connectivity index (χ3v) is 6.19. The fourth-order valence-corrected chi connectivity index (χ4v) is 4.70. The fraction of sp³-hybridized carbons (Fsp3) is 0.333. The van der Waals surface area contributed by atoms with Crippen LogP contribution in [0.25, 0.3) is 10.2 Å². The van der Waals surface area contributed by atoms with Crippen LogP contribution in [-0.4, -0.2) is 42.6 Å². The number of ether oxygens (including phenoxy) is 2. The molecule has 0 aliphatic carbocycles. The van der Waals surface area contributed by atoms with Gasteiger partial charge in [0, 0.05) is 24.6 Å². The van der Waals surface area contributed by atoms with Crippen LogP contribution in [0.3, 0.4) is 0 Å². The summed E-state index contributed by atoms with van der Waals surface area (Å²) in [5, 5.41) is 1.04. The number of nitrogens with zero attached hydrogens (tertiary/aromatic N) is 2. The van der Waals surface area contributed by atoms with Gasteiger partial charge in [-0.25, -0.2) is 4.98 Å². The summed E-state index contributed by atoms with van der Waals surface area (Å²) >= 11 is 1.67. The first-order valence-corrected chi connectivity index (χ1v) is 10.1. The van der Waals surface area contributed by atoms with E-state index in [2.05, 4.69) is 10.8 Å². The predicted molar refractivity (Wildman–Crippen MR) is 107 cm³/mol. The molecule has 0 radical (unpaired) electrons. The lowest BCUT2D eigenvalue weighted by Crippen LogP contribution is -2.39. The Morgan fingerprint density at radius 3 is 2.83 bits per heavy atom. The maximum absolute atomic E-state index is 13.0. The number of fused-ring (bicyclic) bond motifs is 1. The minimum absolute atomic E-state index is 0.0925. The number of hydrogen-bond donors (Lipinski definition) is 0. The summed E-state index contributed by atoms with van der Waals surface area (Å²) in [5.74, 6) is 0.0482. The number of amides is 1. The standard InChI is InChI=1S/C21H20F2N2O3S/c1-27-17-11-13(8-9-16(17)28-21(22)23)20(26)25-10-4-5-14(12-25)19-24-15-6-2-3-7-18(15)29-19/h2-3,6-9,11,14,21H,4-5,10,12H2,1H3/t14-/m0/s1. The number of piperidine rings is 1. The molecular formula is C21H20F2N2O3S. The van der Waals surface area contributed by atoms with Crippen molar-refractivity contribution < 1.29 is 23.0 Å². The topological polar surface area (TPSA) is 51.7 Å². The highest BCUT2D eigenvalue weighted by molar-refractivity contribution is 7.18. The zero-order valence-electron chi connectivity index (χ0n) is 15.8. The van der Waals surface area contributed by atoms with Gasteiger partial charge in [0.25, 0.3) is 5.91 Å². The van der Waals surface area contributed by atoms with Gasteiger partial charge < -0.3 is 14.4 Å². The van der Waals surface area contributed by atoms with Crippen molar-refractivity contribution in [3.8, 4) is 11.5 Å². The highest BCUT2D eigenvalue weighted by atomic mass is 32.1. The number of aromatic nitrogens is 1. The third kappa shape index (κ3) is 4.17. The first-order valence-electron chi connectivity index (χ1n) is 9.32. The maximum atomic E-state index is 13.0. The molecule has 1 aliphatic rings. The van der Waals surface area contributed by atoms with Gasteiger partial charge in [-0.15, -0.1) is 11.3 Å². The number of rotatable bonds is 5. The molecule has 4 rings (SSSR count). The van der Waals surface area contributed by atoms with Crippen LogP contribution in [0.5, 0.6) is 11.5 Å². The number of halogens is 2. The molecule has 2 heterocycles. The largest absolute Gasteiger partial charge is 0.493 e. The molecule has 0 bridgehead atoms. The number of benzene rings is 2. The zero-order valence-corrected chi connectivity index (χ0v) is 16.6. The number of carbonyl (C=O) groups is 1. The summed E-state index contributed by atoms with van der Waals surface area (Å²) in [5.41, 5.74) is 1.36. The van der Waals surface area contributed by atoms with Crippen LogP contribution in [0.4, 0.5) is 8.78 Å². The maximum Gasteiger partial charge on any atom is 0.387 e. The summed E-state index contributed by atoms with van der Waals surface area (Å²) in [6.45, 7) is -1.73. The first-order chi connectivity index (χ1) is 14.0. The zero-order chi connectivity index (χ0) is 20.4. The van der Waals surface area contributed by atoms with Crippen molar-refractivity contribution >= 4 is 27.5 Å². The molecule has 8 heteroatoms. The average molecular weight is 418 g/mol. The minimum Gasteiger partial charge on any atom is -0.493 e. The molecule has 1 fully saturated rings. The monoisotopic (exact) mass is 418 g/mol. The summed E-state index contributed by atoms with van der Waals surface area (Å²) in [6, 6.07) is 12.3. The number of hydrogen-bond acceptors (Lipinski definition) is 5. The second kappa shape index (κ2) is 8.32. The number of methoxy groups -OCH3 is 1. The van der Waals surface area contributed by atoms with E-state index in [0.717, 1.165) is 28.1 Å². The van der Waals surface area contributed by atoms with Gasteiger partial charge in [0.05, 0.1) is 22.3 Å². The smallest absolute Gasteiger partial charge is 0.387 e. The lowest BCUT2D eigenvalue weighted by atomic mass is 9.98. The van der Waals surface area contributed by atoms with Crippen molar-refractivity contribution in [3.63, 3.8) is 0 Å². The summed E-state index contributed by atoms with van der Waals surface area (Å²) in [6.07, 6.45) is 1.87. The summed E-state index contributed by atoms with van der Waals surface area (Å²) in [4.78, 5) is 19.6. The van der Waals surface area contributed by atoms with Crippen molar-refractivity contribution in [1.82, 2.24) is 9.88 Å². The van der Waals surface area contributed by atoms with Crippen LogP contribution in [0.15, 0.2) is 42.5 Å². The van der Waals surface area contributed by atoms with Gasteiger partial charge in [-0.2, -0.15) is 8.78 Å².